The molecule has 1 rings (SSSR count). The maximum atomic E-state index is 9.69. The second-order valence-electron chi connectivity index (χ2n) is 3.31. The van der Waals surface area contributed by atoms with Crippen LogP contribution >= 0.6 is 0 Å². The van der Waals surface area contributed by atoms with Gasteiger partial charge in [-0.05, 0) is 24.6 Å². The highest BCUT2D eigenvalue weighted by Gasteiger charge is 2.13. The van der Waals surface area contributed by atoms with Crippen LogP contribution in [0.3, 0.4) is 0 Å². The van der Waals surface area contributed by atoms with E-state index in [4.69, 9.17) is 16.2 Å². The normalized spacial score (nSPS) is 14.9. The zero-order chi connectivity index (χ0) is 10.7. The minimum absolute atomic E-state index is 0.316. The summed E-state index contributed by atoms with van der Waals surface area (Å²) < 4.78 is 5.04. The molecule has 0 aliphatic heterocycles. The number of nitrogens with two attached hydrogens (primary N) is 2. The lowest BCUT2D eigenvalue weighted by atomic mass is 10.0. The smallest absolute Gasteiger partial charge is 0.142 e. The summed E-state index contributed by atoms with van der Waals surface area (Å²) in [5, 5.41) is 9.69. The minimum atomic E-state index is -0.690. The van der Waals surface area contributed by atoms with Crippen molar-refractivity contribution in [1.29, 1.82) is 0 Å². The third kappa shape index (κ3) is 2.16. The molecule has 0 aliphatic rings. The van der Waals surface area contributed by atoms with Crippen LogP contribution in [0.25, 0.3) is 0 Å². The van der Waals surface area contributed by atoms with Crippen molar-refractivity contribution in [3.8, 4) is 5.75 Å². The number of benzene rings is 1. The third-order valence-electron chi connectivity index (χ3n) is 2.10. The second kappa shape index (κ2) is 4.30. The van der Waals surface area contributed by atoms with Gasteiger partial charge in [0.15, 0.2) is 0 Å². The van der Waals surface area contributed by atoms with Crippen molar-refractivity contribution in [3.63, 3.8) is 0 Å². The van der Waals surface area contributed by atoms with E-state index in [1.807, 2.05) is 0 Å². The zero-order valence-corrected chi connectivity index (χ0v) is 8.40. The Morgan fingerprint density at radius 2 is 2.07 bits per heavy atom. The van der Waals surface area contributed by atoms with Crippen molar-refractivity contribution in [1.82, 2.24) is 0 Å². The van der Waals surface area contributed by atoms with Crippen LogP contribution in [0.1, 0.15) is 18.6 Å². The number of hydrogen-bond acceptors (Lipinski definition) is 4. The van der Waals surface area contributed by atoms with Crippen LogP contribution in [-0.4, -0.2) is 18.3 Å². The molecule has 4 nitrogen and oxygen atoms in total. The van der Waals surface area contributed by atoms with Crippen LogP contribution in [0, 0.1) is 0 Å². The first kappa shape index (κ1) is 10.8. The molecule has 0 aromatic heterocycles. The number of aliphatic hydroxyl groups excluding tert-OH is 1. The standard InChI is InChI=1S/C10H16N2O2/c1-6(11)10(13)7-3-4-8(12)9(5-7)14-2/h3-6,10,13H,11-12H2,1-2H3/t6-,10+/m1/s1. The second-order valence-corrected chi connectivity index (χ2v) is 3.31. The summed E-state index contributed by atoms with van der Waals surface area (Å²) >= 11 is 0. The highest BCUT2D eigenvalue weighted by Crippen LogP contribution is 2.26. The van der Waals surface area contributed by atoms with E-state index in [9.17, 15) is 5.11 Å². The fraction of sp³-hybridized carbons (Fsp3) is 0.400. The number of hydrogen-bond donors (Lipinski definition) is 3. The third-order valence-corrected chi connectivity index (χ3v) is 2.10. The van der Waals surface area contributed by atoms with Gasteiger partial charge >= 0.3 is 0 Å². The van der Waals surface area contributed by atoms with Crippen LogP contribution in [0.2, 0.25) is 0 Å². The largest absolute Gasteiger partial charge is 0.495 e. The topological polar surface area (TPSA) is 81.5 Å². The van der Waals surface area contributed by atoms with E-state index in [1.165, 1.54) is 7.11 Å². The van der Waals surface area contributed by atoms with Gasteiger partial charge in [0.1, 0.15) is 5.75 Å². The molecule has 0 saturated carbocycles. The Morgan fingerprint density at radius 1 is 1.43 bits per heavy atom. The quantitative estimate of drug-likeness (QED) is 0.620. The minimum Gasteiger partial charge on any atom is -0.495 e. The van der Waals surface area contributed by atoms with Crippen LogP contribution in [0.15, 0.2) is 18.2 Å². The number of rotatable bonds is 3. The Labute approximate surface area is 83.5 Å². The highest BCUT2D eigenvalue weighted by molar-refractivity contribution is 5.54. The van der Waals surface area contributed by atoms with Crippen molar-refractivity contribution in [2.45, 2.75) is 19.1 Å². The number of methoxy groups -OCH3 is 1. The van der Waals surface area contributed by atoms with Crippen molar-refractivity contribution in [3.05, 3.63) is 23.8 Å². The van der Waals surface area contributed by atoms with Crippen molar-refractivity contribution < 1.29 is 9.84 Å². The van der Waals surface area contributed by atoms with Gasteiger partial charge in [0.25, 0.3) is 0 Å². The maximum Gasteiger partial charge on any atom is 0.142 e. The molecule has 1 aromatic rings. The first-order valence-electron chi connectivity index (χ1n) is 4.43. The Bertz CT molecular complexity index is 313. The lowest BCUT2D eigenvalue weighted by molar-refractivity contribution is 0.153. The van der Waals surface area contributed by atoms with Gasteiger partial charge in [-0.15, -0.1) is 0 Å². The molecule has 0 aliphatic carbocycles. The van der Waals surface area contributed by atoms with Gasteiger partial charge in [-0.25, -0.2) is 0 Å². The summed E-state index contributed by atoms with van der Waals surface area (Å²) in [6.45, 7) is 1.74. The number of anilines is 1. The Balaban J connectivity index is 3.00. The van der Waals surface area contributed by atoms with Crippen LogP contribution < -0.4 is 16.2 Å². The van der Waals surface area contributed by atoms with Gasteiger partial charge in [-0.2, -0.15) is 0 Å². The molecule has 0 bridgehead atoms. The van der Waals surface area contributed by atoms with Crippen molar-refractivity contribution in [2.75, 3.05) is 12.8 Å². The van der Waals surface area contributed by atoms with E-state index in [1.54, 1.807) is 25.1 Å². The van der Waals surface area contributed by atoms with Crippen LogP contribution in [-0.2, 0) is 0 Å². The van der Waals surface area contributed by atoms with E-state index >= 15 is 0 Å². The lowest BCUT2D eigenvalue weighted by Gasteiger charge is -2.16. The predicted molar refractivity (Wildman–Crippen MR) is 56.0 cm³/mol. The molecule has 0 heterocycles. The molecule has 0 saturated heterocycles. The first-order chi connectivity index (χ1) is 6.56. The maximum absolute atomic E-state index is 9.69. The summed E-state index contributed by atoms with van der Waals surface area (Å²) in [5.74, 6) is 0.558. The van der Waals surface area contributed by atoms with Gasteiger partial charge in [-0.1, -0.05) is 6.07 Å². The van der Waals surface area contributed by atoms with Crippen molar-refractivity contribution >= 4 is 5.69 Å². The van der Waals surface area contributed by atoms with E-state index in [-0.39, 0.29) is 6.04 Å². The summed E-state index contributed by atoms with van der Waals surface area (Å²) in [6.07, 6.45) is -0.690. The molecule has 0 amide bonds. The van der Waals surface area contributed by atoms with Gasteiger partial charge in [0.2, 0.25) is 0 Å². The number of ether oxygens (including phenoxy) is 1. The Kier molecular flexibility index (Phi) is 3.33. The number of nitrogen functional groups attached to an aromatic ring is 1. The molecule has 0 radical (unpaired) electrons. The average molecular weight is 196 g/mol. The van der Waals surface area contributed by atoms with Crippen LogP contribution in [0.5, 0.6) is 5.75 Å². The summed E-state index contributed by atoms with van der Waals surface area (Å²) in [4.78, 5) is 0. The SMILES string of the molecule is COc1cc([C@@H](O)[C@@H](C)N)ccc1N. The molecule has 78 valence electrons. The fourth-order valence-corrected chi connectivity index (χ4v) is 1.22. The molecule has 4 heteroatoms. The molecular formula is C10H16N2O2. The van der Waals surface area contributed by atoms with Gasteiger partial charge < -0.3 is 21.3 Å². The zero-order valence-electron chi connectivity index (χ0n) is 8.40. The summed E-state index contributed by atoms with van der Waals surface area (Å²) in [6, 6.07) is 4.82. The average Bonchev–Trinajstić information content (AvgIpc) is 2.17. The first-order valence-corrected chi connectivity index (χ1v) is 4.43. The van der Waals surface area contributed by atoms with Gasteiger partial charge in [0.05, 0.1) is 18.9 Å². The van der Waals surface area contributed by atoms with Crippen molar-refractivity contribution in [2.24, 2.45) is 5.73 Å². The molecule has 0 unspecified atom stereocenters. The van der Waals surface area contributed by atoms with E-state index in [0.717, 1.165) is 0 Å². The summed E-state index contributed by atoms with van der Waals surface area (Å²) in [5.41, 5.74) is 12.5. The van der Waals surface area contributed by atoms with Crippen LogP contribution in [0.4, 0.5) is 5.69 Å². The predicted octanol–water partition coefficient (Wildman–Crippen LogP) is 0.658. The molecule has 2 atom stereocenters. The van der Waals surface area contributed by atoms with E-state index in [0.29, 0.717) is 17.0 Å². The molecule has 14 heavy (non-hydrogen) atoms. The molecule has 0 spiro atoms. The molecule has 1 aromatic carbocycles. The van der Waals surface area contributed by atoms with Gasteiger partial charge in [-0.3, -0.25) is 0 Å². The lowest BCUT2D eigenvalue weighted by Crippen LogP contribution is -2.24. The summed E-state index contributed by atoms with van der Waals surface area (Å²) in [7, 11) is 1.54. The van der Waals surface area contributed by atoms with Gasteiger partial charge in [0, 0.05) is 6.04 Å². The van der Waals surface area contributed by atoms with E-state index < -0.39 is 6.10 Å². The number of aliphatic hydroxyl groups is 1. The fourth-order valence-electron chi connectivity index (χ4n) is 1.22. The Morgan fingerprint density at radius 3 is 2.57 bits per heavy atom. The Hall–Kier alpha value is -1.26. The molecular weight excluding hydrogens is 180 g/mol. The van der Waals surface area contributed by atoms with E-state index in [2.05, 4.69) is 0 Å². The monoisotopic (exact) mass is 196 g/mol. The highest BCUT2D eigenvalue weighted by atomic mass is 16.5. The molecule has 5 N–H and O–H groups in total. The molecule has 0 fully saturated rings.